The van der Waals surface area contributed by atoms with Crippen molar-refractivity contribution in [2.75, 3.05) is 19.6 Å². The topological polar surface area (TPSA) is 28.2 Å². The van der Waals surface area contributed by atoms with E-state index in [0.717, 1.165) is 19.6 Å². The lowest BCUT2D eigenvalue weighted by Crippen LogP contribution is -2.18. The lowest BCUT2D eigenvalue weighted by atomic mass is 10.2. The van der Waals surface area contributed by atoms with E-state index in [1.54, 1.807) is 0 Å². The van der Waals surface area contributed by atoms with E-state index in [-0.39, 0.29) is 0 Å². The van der Waals surface area contributed by atoms with Crippen LogP contribution in [0.5, 0.6) is 0 Å². The zero-order valence-corrected chi connectivity index (χ0v) is 12.6. The average molecular weight is 267 g/mol. The molecule has 3 nitrogen and oxygen atoms in total. The molecule has 1 aliphatic heterocycles. The highest BCUT2D eigenvalue weighted by atomic mass is 32.1. The van der Waals surface area contributed by atoms with Crippen molar-refractivity contribution in [3.05, 3.63) is 15.6 Å². The van der Waals surface area contributed by atoms with Crippen LogP contribution in [0.25, 0.3) is 0 Å². The molecule has 0 atom stereocenters. The lowest BCUT2D eigenvalue weighted by Gasteiger charge is -2.11. The van der Waals surface area contributed by atoms with Crippen molar-refractivity contribution in [3.63, 3.8) is 0 Å². The highest BCUT2D eigenvalue weighted by molar-refractivity contribution is 7.11. The molecule has 0 saturated carbocycles. The van der Waals surface area contributed by atoms with Gasteiger partial charge in [0.05, 0.1) is 12.2 Å². The second-order valence-electron chi connectivity index (χ2n) is 5.62. The van der Waals surface area contributed by atoms with E-state index in [1.165, 1.54) is 41.5 Å². The smallest absolute Gasteiger partial charge is 0.107 e. The van der Waals surface area contributed by atoms with Crippen LogP contribution in [0.1, 0.15) is 42.3 Å². The molecule has 2 rings (SSSR count). The van der Waals surface area contributed by atoms with Crippen molar-refractivity contribution in [1.29, 1.82) is 0 Å². The summed E-state index contributed by atoms with van der Waals surface area (Å²) < 4.78 is 0. The Morgan fingerprint density at radius 1 is 1.33 bits per heavy atom. The highest BCUT2D eigenvalue weighted by Crippen LogP contribution is 2.21. The third kappa shape index (κ3) is 4.04. The second kappa shape index (κ2) is 6.64. The van der Waals surface area contributed by atoms with E-state index >= 15 is 0 Å². The average Bonchev–Trinajstić information content (AvgIpc) is 2.90. The zero-order chi connectivity index (χ0) is 13.0. The van der Waals surface area contributed by atoms with E-state index in [9.17, 15) is 0 Å². The van der Waals surface area contributed by atoms with Gasteiger partial charge in [0.25, 0.3) is 0 Å². The molecular weight excluding hydrogens is 242 g/mol. The summed E-state index contributed by atoms with van der Waals surface area (Å²) in [7, 11) is 0. The molecule has 4 heteroatoms. The van der Waals surface area contributed by atoms with Crippen molar-refractivity contribution in [1.82, 2.24) is 15.2 Å². The van der Waals surface area contributed by atoms with E-state index in [2.05, 4.69) is 31.0 Å². The third-order valence-electron chi connectivity index (χ3n) is 3.33. The normalized spacial score (nSPS) is 16.9. The van der Waals surface area contributed by atoms with Gasteiger partial charge in [0.15, 0.2) is 0 Å². The molecule has 0 spiro atoms. The van der Waals surface area contributed by atoms with Gasteiger partial charge in [-0.05, 0) is 45.3 Å². The number of nitrogens with zero attached hydrogens (tertiary/aromatic N) is 2. The molecule has 0 amide bonds. The standard InChI is InChI=1S/C14H25N3S/c1-11(2)8-15-9-13-12(3)16-14(18-13)10-17-6-4-5-7-17/h11,15H,4-10H2,1-3H3. The van der Waals surface area contributed by atoms with Crippen molar-refractivity contribution < 1.29 is 0 Å². The van der Waals surface area contributed by atoms with Gasteiger partial charge in [-0.3, -0.25) is 4.90 Å². The summed E-state index contributed by atoms with van der Waals surface area (Å²) >= 11 is 1.88. The van der Waals surface area contributed by atoms with Crippen LogP contribution >= 0.6 is 11.3 Å². The monoisotopic (exact) mass is 267 g/mol. The van der Waals surface area contributed by atoms with E-state index < -0.39 is 0 Å². The van der Waals surface area contributed by atoms with Gasteiger partial charge in [-0.2, -0.15) is 0 Å². The van der Waals surface area contributed by atoms with Gasteiger partial charge < -0.3 is 5.32 Å². The number of nitrogens with one attached hydrogen (secondary N) is 1. The summed E-state index contributed by atoms with van der Waals surface area (Å²) in [5, 5.41) is 4.79. The molecule has 0 aromatic carbocycles. The molecule has 1 saturated heterocycles. The Morgan fingerprint density at radius 3 is 2.72 bits per heavy atom. The number of aromatic nitrogens is 1. The summed E-state index contributed by atoms with van der Waals surface area (Å²) in [5.74, 6) is 0.710. The van der Waals surface area contributed by atoms with Gasteiger partial charge >= 0.3 is 0 Å². The summed E-state index contributed by atoms with van der Waals surface area (Å²) in [5.41, 5.74) is 1.21. The minimum atomic E-state index is 0.710. The predicted molar refractivity (Wildman–Crippen MR) is 77.9 cm³/mol. The minimum absolute atomic E-state index is 0.710. The Labute approximate surface area is 115 Å². The number of aryl methyl sites for hydroxylation is 1. The van der Waals surface area contributed by atoms with Crippen LogP contribution in [0.4, 0.5) is 0 Å². The Hall–Kier alpha value is -0.450. The SMILES string of the molecule is Cc1nc(CN2CCCC2)sc1CNCC(C)C. The van der Waals surface area contributed by atoms with E-state index in [0.29, 0.717) is 5.92 Å². The van der Waals surface area contributed by atoms with Gasteiger partial charge in [-0.25, -0.2) is 4.98 Å². The summed E-state index contributed by atoms with van der Waals surface area (Å²) in [6.07, 6.45) is 2.71. The van der Waals surface area contributed by atoms with Crippen LogP contribution in [0.2, 0.25) is 0 Å². The first kappa shape index (κ1) is 14.0. The van der Waals surface area contributed by atoms with Crippen LogP contribution in [0.15, 0.2) is 0 Å². The van der Waals surface area contributed by atoms with Crippen LogP contribution in [-0.2, 0) is 13.1 Å². The molecular formula is C14H25N3S. The highest BCUT2D eigenvalue weighted by Gasteiger charge is 2.15. The maximum atomic E-state index is 4.71. The Kier molecular flexibility index (Phi) is 5.15. The third-order valence-corrected chi connectivity index (χ3v) is 4.47. The molecule has 102 valence electrons. The van der Waals surface area contributed by atoms with Crippen molar-refractivity contribution in [3.8, 4) is 0 Å². The minimum Gasteiger partial charge on any atom is -0.312 e. The van der Waals surface area contributed by atoms with Crippen LogP contribution in [-0.4, -0.2) is 29.5 Å². The van der Waals surface area contributed by atoms with Crippen LogP contribution in [0, 0.1) is 12.8 Å². The lowest BCUT2D eigenvalue weighted by molar-refractivity contribution is 0.330. The van der Waals surface area contributed by atoms with Gasteiger partial charge in [0.2, 0.25) is 0 Å². The van der Waals surface area contributed by atoms with Crippen LogP contribution < -0.4 is 5.32 Å². The first-order chi connectivity index (χ1) is 8.65. The molecule has 1 aliphatic rings. The molecule has 18 heavy (non-hydrogen) atoms. The van der Waals surface area contributed by atoms with Crippen molar-refractivity contribution in [2.24, 2.45) is 5.92 Å². The number of hydrogen-bond acceptors (Lipinski definition) is 4. The molecule has 0 aliphatic carbocycles. The maximum absolute atomic E-state index is 4.71. The molecule has 1 N–H and O–H groups in total. The number of rotatable bonds is 6. The van der Waals surface area contributed by atoms with E-state index in [1.807, 2.05) is 11.3 Å². The molecule has 0 unspecified atom stereocenters. The van der Waals surface area contributed by atoms with Crippen molar-refractivity contribution >= 4 is 11.3 Å². The van der Waals surface area contributed by atoms with Gasteiger partial charge in [-0.15, -0.1) is 11.3 Å². The number of hydrogen-bond donors (Lipinski definition) is 1. The quantitative estimate of drug-likeness (QED) is 0.859. The second-order valence-corrected chi connectivity index (χ2v) is 6.79. The molecule has 0 bridgehead atoms. The van der Waals surface area contributed by atoms with E-state index in [4.69, 9.17) is 4.98 Å². The Bertz CT molecular complexity index is 367. The maximum Gasteiger partial charge on any atom is 0.107 e. The predicted octanol–water partition coefficient (Wildman–Crippen LogP) is 2.79. The summed E-state index contributed by atoms with van der Waals surface area (Å²) in [4.78, 5) is 8.63. The Balaban J connectivity index is 1.85. The molecule has 0 radical (unpaired) electrons. The number of thiazole rings is 1. The first-order valence-corrected chi connectivity index (χ1v) is 7.85. The fraction of sp³-hybridized carbons (Fsp3) is 0.786. The molecule has 1 fully saturated rings. The number of likely N-dealkylation sites (tertiary alicyclic amines) is 1. The largest absolute Gasteiger partial charge is 0.312 e. The first-order valence-electron chi connectivity index (χ1n) is 7.03. The van der Waals surface area contributed by atoms with Gasteiger partial charge in [0, 0.05) is 11.4 Å². The van der Waals surface area contributed by atoms with Gasteiger partial charge in [-0.1, -0.05) is 13.8 Å². The van der Waals surface area contributed by atoms with Crippen molar-refractivity contribution in [2.45, 2.75) is 46.7 Å². The van der Waals surface area contributed by atoms with Gasteiger partial charge in [0.1, 0.15) is 5.01 Å². The van der Waals surface area contributed by atoms with Crippen LogP contribution in [0.3, 0.4) is 0 Å². The molecule has 1 aromatic rings. The fourth-order valence-electron chi connectivity index (χ4n) is 2.33. The summed E-state index contributed by atoms with van der Waals surface area (Å²) in [6, 6.07) is 0. The molecule has 1 aromatic heterocycles. The summed E-state index contributed by atoms with van der Waals surface area (Å²) in [6.45, 7) is 12.2. The fourth-order valence-corrected chi connectivity index (χ4v) is 3.41. The zero-order valence-electron chi connectivity index (χ0n) is 11.8. The Morgan fingerprint density at radius 2 is 2.06 bits per heavy atom. The molecule has 2 heterocycles.